The summed E-state index contributed by atoms with van der Waals surface area (Å²) in [6, 6.07) is 9.12. The van der Waals surface area contributed by atoms with Crippen LogP contribution < -0.4 is 10.5 Å². The maximum absolute atomic E-state index is 12.2. The van der Waals surface area contributed by atoms with Crippen LogP contribution in [-0.2, 0) is 6.54 Å². The third-order valence-corrected chi connectivity index (χ3v) is 5.14. The molecule has 0 radical (unpaired) electrons. The molecule has 0 aromatic carbocycles. The maximum atomic E-state index is 12.2. The molecular formula is C20H20N6O. The van der Waals surface area contributed by atoms with Crippen LogP contribution in [0.25, 0.3) is 11.3 Å². The van der Waals surface area contributed by atoms with Crippen LogP contribution in [0.5, 0.6) is 0 Å². The summed E-state index contributed by atoms with van der Waals surface area (Å²) in [5, 5.41) is 4.53. The smallest absolute Gasteiger partial charge is 0.266 e. The fraction of sp³-hybridized carbons (Fsp3) is 0.350. The second-order valence-electron chi connectivity index (χ2n) is 7.30. The van der Waals surface area contributed by atoms with Crippen LogP contribution in [0.15, 0.2) is 53.7 Å². The van der Waals surface area contributed by atoms with Crippen molar-refractivity contribution in [2.75, 3.05) is 18.0 Å². The van der Waals surface area contributed by atoms with Gasteiger partial charge in [-0.2, -0.15) is 5.10 Å². The van der Waals surface area contributed by atoms with E-state index in [0.717, 1.165) is 36.0 Å². The van der Waals surface area contributed by atoms with Gasteiger partial charge >= 0.3 is 0 Å². The van der Waals surface area contributed by atoms with E-state index < -0.39 is 0 Å². The molecule has 2 fully saturated rings. The van der Waals surface area contributed by atoms with E-state index in [1.165, 1.54) is 12.8 Å². The summed E-state index contributed by atoms with van der Waals surface area (Å²) in [6.07, 6.45) is 7.74. The Balaban J connectivity index is 1.27. The molecule has 0 N–H and O–H groups in total. The van der Waals surface area contributed by atoms with Crippen LogP contribution in [0, 0.1) is 5.92 Å². The molecule has 1 aliphatic carbocycles. The number of hydrogen-bond acceptors (Lipinski definition) is 6. The minimum atomic E-state index is -0.0702. The molecule has 0 spiro atoms. The summed E-state index contributed by atoms with van der Waals surface area (Å²) in [7, 11) is 0. The first-order chi connectivity index (χ1) is 13.3. The third kappa shape index (κ3) is 3.32. The van der Waals surface area contributed by atoms with Crippen molar-refractivity contribution in [2.45, 2.75) is 25.3 Å². The van der Waals surface area contributed by atoms with Gasteiger partial charge in [0.1, 0.15) is 11.6 Å². The molecule has 5 rings (SSSR count). The van der Waals surface area contributed by atoms with Crippen molar-refractivity contribution in [1.29, 1.82) is 0 Å². The van der Waals surface area contributed by atoms with Crippen LogP contribution in [0.2, 0.25) is 0 Å². The Bertz CT molecular complexity index is 1010. The van der Waals surface area contributed by atoms with Crippen LogP contribution in [0.4, 0.5) is 5.82 Å². The number of hydrogen-bond donors (Lipinski definition) is 0. The molecule has 27 heavy (non-hydrogen) atoms. The first-order valence-electron chi connectivity index (χ1n) is 9.33. The van der Waals surface area contributed by atoms with E-state index >= 15 is 0 Å². The average Bonchev–Trinajstić information content (AvgIpc) is 3.52. The predicted octanol–water partition coefficient (Wildman–Crippen LogP) is 2.11. The Hall–Kier alpha value is -3.09. The number of nitrogens with zero attached hydrogens (tertiary/aromatic N) is 6. The highest BCUT2D eigenvalue weighted by Crippen LogP contribution is 2.38. The van der Waals surface area contributed by atoms with Gasteiger partial charge in [0.15, 0.2) is 0 Å². The molecule has 0 atom stereocenters. The lowest BCUT2D eigenvalue weighted by molar-refractivity contribution is 0.333. The van der Waals surface area contributed by atoms with Crippen molar-refractivity contribution in [3.05, 3.63) is 65.1 Å². The van der Waals surface area contributed by atoms with E-state index in [0.29, 0.717) is 18.4 Å². The molecule has 0 unspecified atom stereocenters. The van der Waals surface area contributed by atoms with Crippen LogP contribution >= 0.6 is 0 Å². The van der Waals surface area contributed by atoms with Crippen molar-refractivity contribution >= 4 is 5.82 Å². The average molecular weight is 360 g/mol. The zero-order valence-corrected chi connectivity index (χ0v) is 14.9. The molecule has 7 heteroatoms. The Morgan fingerprint density at radius 1 is 1.07 bits per heavy atom. The van der Waals surface area contributed by atoms with E-state index in [1.807, 2.05) is 24.4 Å². The van der Waals surface area contributed by atoms with Gasteiger partial charge in [-0.3, -0.25) is 9.78 Å². The highest BCUT2D eigenvalue weighted by atomic mass is 16.1. The first-order valence-corrected chi connectivity index (χ1v) is 9.33. The lowest BCUT2D eigenvalue weighted by Gasteiger charge is -2.40. The second-order valence-corrected chi connectivity index (χ2v) is 7.30. The normalized spacial score (nSPS) is 17.0. The van der Waals surface area contributed by atoms with E-state index in [1.54, 1.807) is 29.2 Å². The molecule has 7 nitrogen and oxygen atoms in total. The zero-order valence-electron chi connectivity index (χ0n) is 14.9. The van der Waals surface area contributed by atoms with Crippen molar-refractivity contribution in [2.24, 2.45) is 5.92 Å². The highest BCUT2D eigenvalue weighted by Gasteiger charge is 2.31. The van der Waals surface area contributed by atoms with Crippen molar-refractivity contribution in [3.8, 4) is 11.3 Å². The third-order valence-electron chi connectivity index (χ3n) is 5.14. The predicted molar refractivity (Wildman–Crippen MR) is 101 cm³/mol. The standard InChI is InChI=1S/C20H20N6O/c27-19-6-5-17(16-2-1-8-21-10-16)24-26(19)13-14-11-25(12-14)18-7-9-22-20(23-18)15-3-4-15/h1-2,5-10,14-15H,3-4,11-13H2. The number of rotatable bonds is 5. The Morgan fingerprint density at radius 2 is 1.96 bits per heavy atom. The van der Waals surface area contributed by atoms with Gasteiger partial charge < -0.3 is 4.90 Å². The summed E-state index contributed by atoms with van der Waals surface area (Å²) in [6.45, 7) is 2.38. The molecular weight excluding hydrogens is 340 g/mol. The van der Waals surface area contributed by atoms with E-state index in [2.05, 4.69) is 20.0 Å². The van der Waals surface area contributed by atoms with Crippen molar-refractivity contribution in [3.63, 3.8) is 0 Å². The van der Waals surface area contributed by atoms with Gasteiger partial charge in [0.2, 0.25) is 0 Å². The summed E-state index contributed by atoms with van der Waals surface area (Å²) >= 11 is 0. The summed E-state index contributed by atoms with van der Waals surface area (Å²) < 4.78 is 1.57. The first kappa shape index (κ1) is 16.1. The fourth-order valence-corrected chi connectivity index (χ4v) is 3.44. The molecule has 0 amide bonds. The minimum Gasteiger partial charge on any atom is -0.356 e. The maximum Gasteiger partial charge on any atom is 0.266 e. The molecule has 4 heterocycles. The molecule has 1 aliphatic heterocycles. The number of pyridine rings is 1. The monoisotopic (exact) mass is 360 g/mol. The van der Waals surface area contributed by atoms with Gasteiger partial charge in [0.25, 0.3) is 5.56 Å². The van der Waals surface area contributed by atoms with Crippen LogP contribution in [0.3, 0.4) is 0 Å². The second kappa shape index (κ2) is 6.57. The van der Waals surface area contributed by atoms with E-state index in [4.69, 9.17) is 4.98 Å². The molecule has 1 saturated heterocycles. The van der Waals surface area contributed by atoms with Crippen molar-refractivity contribution in [1.82, 2.24) is 24.7 Å². The molecule has 3 aromatic heterocycles. The van der Waals surface area contributed by atoms with Crippen molar-refractivity contribution < 1.29 is 0 Å². The van der Waals surface area contributed by atoms with Gasteiger partial charge in [-0.05, 0) is 37.1 Å². The van der Waals surface area contributed by atoms with Crippen LogP contribution in [0.1, 0.15) is 24.6 Å². The molecule has 2 aliphatic rings. The summed E-state index contributed by atoms with van der Waals surface area (Å²) in [5.41, 5.74) is 1.61. The Morgan fingerprint density at radius 3 is 2.74 bits per heavy atom. The SMILES string of the molecule is O=c1ccc(-c2cccnc2)nn1CC1CN(c2ccnc(C3CC3)n2)C1. The number of anilines is 1. The quantitative estimate of drug-likeness (QED) is 0.694. The van der Waals surface area contributed by atoms with Gasteiger partial charge in [0.05, 0.1) is 12.2 Å². The fourth-order valence-electron chi connectivity index (χ4n) is 3.44. The summed E-state index contributed by atoms with van der Waals surface area (Å²) in [5.74, 6) is 2.91. The molecule has 0 bridgehead atoms. The van der Waals surface area contributed by atoms with Gasteiger partial charge in [-0.1, -0.05) is 0 Å². The van der Waals surface area contributed by atoms with Gasteiger partial charge in [0, 0.05) is 55.1 Å². The summed E-state index contributed by atoms with van der Waals surface area (Å²) in [4.78, 5) is 27.6. The van der Waals surface area contributed by atoms with E-state index in [9.17, 15) is 4.79 Å². The van der Waals surface area contributed by atoms with E-state index in [-0.39, 0.29) is 5.56 Å². The zero-order chi connectivity index (χ0) is 18.2. The molecule has 1 saturated carbocycles. The largest absolute Gasteiger partial charge is 0.356 e. The minimum absolute atomic E-state index is 0.0702. The Kier molecular flexibility index (Phi) is 3.92. The Labute approximate surface area is 156 Å². The van der Waals surface area contributed by atoms with Crippen LogP contribution in [-0.4, -0.2) is 37.8 Å². The highest BCUT2D eigenvalue weighted by molar-refractivity contribution is 5.56. The van der Waals surface area contributed by atoms with Gasteiger partial charge in [-0.25, -0.2) is 14.6 Å². The molecule has 136 valence electrons. The molecule has 3 aromatic rings. The van der Waals surface area contributed by atoms with Gasteiger partial charge in [-0.15, -0.1) is 0 Å². The topological polar surface area (TPSA) is 76.8 Å². The number of aromatic nitrogens is 5. The lowest BCUT2D eigenvalue weighted by atomic mass is 10.0. The lowest BCUT2D eigenvalue weighted by Crippen LogP contribution is -2.50.